The van der Waals surface area contributed by atoms with Crippen LogP contribution in [0.4, 0.5) is 0 Å². The fourth-order valence-corrected chi connectivity index (χ4v) is 3.45. The Kier molecular flexibility index (Phi) is 4.23. The number of aromatic nitrogens is 4. The molecule has 0 saturated carbocycles. The van der Waals surface area contributed by atoms with Crippen LogP contribution in [0.1, 0.15) is 0 Å². The summed E-state index contributed by atoms with van der Waals surface area (Å²) in [4.78, 5) is 10.4. The number of hydrogen-bond acceptors (Lipinski definition) is 5. The number of imidazole rings is 1. The van der Waals surface area contributed by atoms with Gasteiger partial charge >= 0.3 is 0 Å². The molecule has 0 spiro atoms. The molecule has 2 aromatic heterocycles. The van der Waals surface area contributed by atoms with E-state index in [0.29, 0.717) is 6.61 Å². The molecule has 0 aliphatic carbocycles. The third-order valence-electron chi connectivity index (χ3n) is 4.93. The lowest BCUT2D eigenvalue weighted by molar-refractivity contribution is 0.0322. The lowest BCUT2D eigenvalue weighted by atomic mass is 10.2. The van der Waals surface area contributed by atoms with Gasteiger partial charge in [0, 0.05) is 31.1 Å². The van der Waals surface area contributed by atoms with Crippen LogP contribution in [0.5, 0.6) is 5.75 Å². The summed E-state index contributed by atoms with van der Waals surface area (Å²) < 4.78 is 11.3. The van der Waals surface area contributed by atoms with Gasteiger partial charge in [0.25, 0.3) is 0 Å². The molecule has 2 aromatic carbocycles. The van der Waals surface area contributed by atoms with E-state index in [4.69, 9.17) is 9.47 Å². The summed E-state index contributed by atoms with van der Waals surface area (Å²) in [5, 5.41) is 8.53. The highest BCUT2D eigenvalue weighted by Gasteiger charge is 2.13. The Morgan fingerprint density at radius 1 is 1.07 bits per heavy atom. The molecule has 0 bridgehead atoms. The Balaban J connectivity index is 1.34. The van der Waals surface area contributed by atoms with Crippen molar-refractivity contribution in [1.82, 2.24) is 25.1 Å². The molecule has 3 heterocycles. The van der Waals surface area contributed by atoms with Gasteiger partial charge in [0.1, 0.15) is 18.1 Å². The fraction of sp³-hybridized carbons (Fsp3) is 0.300. The minimum absolute atomic E-state index is 0.663. The highest BCUT2D eigenvalue weighted by atomic mass is 16.5. The van der Waals surface area contributed by atoms with Crippen molar-refractivity contribution in [3.63, 3.8) is 0 Å². The van der Waals surface area contributed by atoms with Crippen LogP contribution >= 0.6 is 0 Å². The van der Waals surface area contributed by atoms with Gasteiger partial charge in [0.2, 0.25) is 0 Å². The maximum Gasteiger partial charge on any atom is 0.159 e. The van der Waals surface area contributed by atoms with E-state index in [0.717, 1.165) is 72.1 Å². The minimum Gasteiger partial charge on any atom is -0.492 e. The van der Waals surface area contributed by atoms with Crippen molar-refractivity contribution in [3.05, 3.63) is 42.5 Å². The summed E-state index contributed by atoms with van der Waals surface area (Å²) in [6.07, 6.45) is 0. The molecule has 0 amide bonds. The van der Waals surface area contributed by atoms with Crippen molar-refractivity contribution >= 4 is 21.9 Å². The Bertz CT molecular complexity index is 1060. The largest absolute Gasteiger partial charge is 0.492 e. The van der Waals surface area contributed by atoms with Gasteiger partial charge in [-0.2, -0.15) is 5.10 Å². The molecule has 1 aliphatic rings. The number of nitrogens with zero attached hydrogens (tertiary/aromatic N) is 3. The predicted molar refractivity (Wildman–Crippen MR) is 104 cm³/mol. The number of benzene rings is 2. The Morgan fingerprint density at radius 3 is 2.89 bits per heavy atom. The molecule has 5 rings (SSSR count). The van der Waals surface area contributed by atoms with E-state index in [-0.39, 0.29) is 0 Å². The number of fused-ring (bicyclic) bond motifs is 2. The molecule has 1 aliphatic heterocycles. The van der Waals surface area contributed by atoms with E-state index in [2.05, 4.69) is 25.1 Å². The number of nitrogens with one attached hydrogen (secondary N) is 2. The van der Waals surface area contributed by atoms with Crippen molar-refractivity contribution in [1.29, 1.82) is 0 Å². The second-order valence-corrected chi connectivity index (χ2v) is 6.68. The SMILES string of the molecule is c1ccc2c(-c3nc4ccc(OCCN5CCOCC5)cc4[nH]3)n[nH]c2c1. The molecule has 0 radical (unpaired) electrons. The van der Waals surface area contributed by atoms with E-state index in [1.54, 1.807) is 0 Å². The quantitative estimate of drug-likeness (QED) is 0.570. The van der Waals surface area contributed by atoms with Gasteiger partial charge in [0.05, 0.1) is 29.8 Å². The molecule has 0 unspecified atom stereocenters. The summed E-state index contributed by atoms with van der Waals surface area (Å²) in [5.41, 5.74) is 3.68. The number of aromatic amines is 2. The molecular weight excluding hydrogens is 342 g/mol. The first-order valence-corrected chi connectivity index (χ1v) is 9.23. The molecule has 4 aromatic rings. The highest BCUT2D eigenvalue weighted by molar-refractivity contribution is 5.93. The van der Waals surface area contributed by atoms with E-state index in [1.807, 2.05) is 42.5 Å². The Hall–Kier alpha value is -2.90. The molecule has 1 fully saturated rings. The van der Waals surface area contributed by atoms with Gasteiger partial charge in [0.15, 0.2) is 5.82 Å². The van der Waals surface area contributed by atoms with Crippen molar-refractivity contribution in [2.24, 2.45) is 0 Å². The standard InChI is InChI=1S/C20H21N5O2/c1-2-4-16-15(3-1)19(24-23-16)20-21-17-6-5-14(13-18(17)22-20)27-12-9-25-7-10-26-11-8-25/h1-6,13H,7-12H2,(H,21,22)(H,23,24). The van der Waals surface area contributed by atoms with Gasteiger partial charge in [-0.05, 0) is 18.2 Å². The summed E-state index contributed by atoms with van der Waals surface area (Å²) >= 11 is 0. The van der Waals surface area contributed by atoms with Crippen LogP contribution in [0, 0.1) is 0 Å². The highest BCUT2D eigenvalue weighted by Crippen LogP contribution is 2.27. The number of para-hydroxylation sites is 1. The van der Waals surface area contributed by atoms with Crippen LogP contribution in [0.25, 0.3) is 33.5 Å². The van der Waals surface area contributed by atoms with E-state index in [1.165, 1.54) is 0 Å². The van der Waals surface area contributed by atoms with Crippen molar-refractivity contribution in [2.75, 3.05) is 39.5 Å². The zero-order chi connectivity index (χ0) is 18.1. The zero-order valence-electron chi connectivity index (χ0n) is 14.9. The van der Waals surface area contributed by atoms with Gasteiger partial charge in [-0.15, -0.1) is 0 Å². The number of ether oxygens (including phenoxy) is 2. The number of H-pyrrole nitrogens is 2. The normalized spacial score (nSPS) is 15.6. The van der Waals surface area contributed by atoms with Crippen molar-refractivity contribution in [2.45, 2.75) is 0 Å². The lowest BCUT2D eigenvalue weighted by Gasteiger charge is -2.26. The summed E-state index contributed by atoms with van der Waals surface area (Å²) in [6.45, 7) is 5.15. The number of hydrogen-bond donors (Lipinski definition) is 2. The van der Waals surface area contributed by atoms with Gasteiger partial charge in [-0.25, -0.2) is 4.98 Å². The smallest absolute Gasteiger partial charge is 0.159 e. The van der Waals surface area contributed by atoms with E-state index >= 15 is 0 Å². The number of morpholine rings is 1. The van der Waals surface area contributed by atoms with Crippen LogP contribution in [0.15, 0.2) is 42.5 Å². The monoisotopic (exact) mass is 363 g/mol. The molecule has 0 atom stereocenters. The van der Waals surface area contributed by atoms with Gasteiger partial charge in [-0.1, -0.05) is 18.2 Å². The summed E-state index contributed by atoms with van der Waals surface area (Å²) in [5.74, 6) is 1.60. The zero-order valence-corrected chi connectivity index (χ0v) is 14.9. The fourth-order valence-electron chi connectivity index (χ4n) is 3.45. The van der Waals surface area contributed by atoms with Crippen LogP contribution in [0.3, 0.4) is 0 Å². The average Bonchev–Trinajstić information content (AvgIpc) is 3.32. The van der Waals surface area contributed by atoms with Crippen LogP contribution in [0.2, 0.25) is 0 Å². The average molecular weight is 363 g/mol. The second kappa shape index (κ2) is 7.02. The molecule has 7 nitrogen and oxygen atoms in total. The maximum atomic E-state index is 5.93. The molecular formula is C20H21N5O2. The van der Waals surface area contributed by atoms with Crippen molar-refractivity contribution < 1.29 is 9.47 Å². The first-order valence-electron chi connectivity index (χ1n) is 9.23. The van der Waals surface area contributed by atoms with Gasteiger partial charge < -0.3 is 14.5 Å². The topological polar surface area (TPSA) is 79.1 Å². The molecule has 27 heavy (non-hydrogen) atoms. The van der Waals surface area contributed by atoms with Crippen LogP contribution < -0.4 is 4.74 Å². The lowest BCUT2D eigenvalue weighted by Crippen LogP contribution is -2.38. The van der Waals surface area contributed by atoms with Crippen LogP contribution in [-0.2, 0) is 4.74 Å². The third kappa shape index (κ3) is 3.27. The maximum absolute atomic E-state index is 5.93. The first-order chi connectivity index (χ1) is 13.4. The second-order valence-electron chi connectivity index (χ2n) is 6.68. The Morgan fingerprint density at radius 2 is 1.96 bits per heavy atom. The van der Waals surface area contributed by atoms with Gasteiger partial charge in [-0.3, -0.25) is 10.00 Å². The Labute approximate surface area is 156 Å². The van der Waals surface area contributed by atoms with Crippen molar-refractivity contribution in [3.8, 4) is 17.3 Å². The summed E-state index contributed by atoms with van der Waals surface area (Å²) in [6, 6.07) is 14.0. The molecule has 7 heteroatoms. The molecule has 2 N–H and O–H groups in total. The number of rotatable bonds is 5. The predicted octanol–water partition coefficient (Wildman–Crippen LogP) is 2.82. The summed E-state index contributed by atoms with van der Waals surface area (Å²) in [7, 11) is 0. The third-order valence-corrected chi connectivity index (χ3v) is 4.93. The van der Waals surface area contributed by atoms with E-state index in [9.17, 15) is 0 Å². The molecule has 1 saturated heterocycles. The van der Waals surface area contributed by atoms with E-state index < -0.39 is 0 Å². The van der Waals surface area contributed by atoms with Crippen LogP contribution in [-0.4, -0.2) is 64.5 Å². The first kappa shape index (κ1) is 16.3. The minimum atomic E-state index is 0.663. The molecule has 138 valence electrons.